The molecular formula is C21H29N2O+. The first-order valence-corrected chi connectivity index (χ1v) is 8.63. The monoisotopic (exact) mass is 325 g/mol. The van der Waals surface area contributed by atoms with Gasteiger partial charge in [0.05, 0.1) is 7.05 Å². The molecule has 0 radical (unpaired) electrons. The molecule has 0 aliphatic carbocycles. The Hall–Kier alpha value is -2.13. The van der Waals surface area contributed by atoms with Gasteiger partial charge < -0.3 is 10.2 Å². The largest absolute Gasteiger partial charge is 0.326 e. The van der Waals surface area contributed by atoms with Crippen LogP contribution < -0.4 is 10.2 Å². The van der Waals surface area contributed by atoms with Crippen molar-refractivity contribution < 1.29 is 9.69 Å². The van der Waals surface area contributed by atoms with Crippen LogP contribution in [0, 0.1) is 13.8 Å². The minimum atomic E-state index is 0.0556. The van der Waals surface area contributed by atoms with Gasteiger partial charge >= 0.3 is 0 Å². The highest BCUT2D eigenvalue weighted by Gasteiger charge is 2.12. The summed E-state index contributed by atoms with van der Waals surface area (Å²) >= 11 is 0. The number of nitrogens with one attached hydrogen (secondary N) is 2. The van der Waals surface area contributed by atoms with Crippen LogP contribution in [0.3, 0.4) is 0 Å². The molecule has 0 saturated heterocycles. The number of hydrogen-bond acceptors (Lipinski definition) is 1. The number of benzene rings is 2. The standard InChI is InChI=1S/C21H28N2O/c1-15(2)19-11-9-18(10-12-19)13-23(5)14-21(24)22-20-8-6-7-16(3)17(20)4/h6-12,15H,13-14H2,1-5H3,(H,22,24)/p+1. The molecule has 3 nitrogen and oxygen atoms in total. The first-order valence-electron chi connectivity index (χ1n) is 8.63. The molecule has 3 heteroatoms. The maximum atomic E-state index is 12.3. The van der Waals surface area contributed by atoms with Gasteiger partial charge in [-0.15, -0.1) is 0 Å². The van der Waals surface area contributed by atoms with Gasteiger partial charge in [0.15, 0.2) is 6.54 Å². The molecule has 0 spiro atoms. The van der Waals surface area contributed by atoms with Gasteiger partial charge in [-0.25, -0.2) is 0 Å². The van der Waals surface area contributed by atoms with Crippen molar-refractivity contribution in [1.29, 1.82) is 0 Å². The molecule has 1 unspecified atom stereocenters. The van der Waals surface area contributed by atoms with Crippen molar-refractivity contribution in [1.82, 2.24) is 0 Å². The summed E-state index contributed by atoms with van der Waals surface area (Å²) in [5.41, 5.74) is 5.85. The summed E-state index contributed by atoms with van der Waals surface area (Å²) < 4.78 is 0. The van der Waals surface area contributed by atoms with E-state index in [1.807, 2.05) is 19.1 Å². The molecule has 128 valence electrons. The topological polar surface area (TPSA) is 33.5 Å². The van der Waals surface area contributed by atoms with E-state index in [1.54, 1.807) is 0 Å². The summed E-state index contributed by atoms with van der Waals surface area (Å²) in [6.07, 6.45) is 0. The molecule has 2 rings (SSSR count). The number of carbonyl (C=O) groups excluding carboxylic acids is 1. The summed E-state index contributed by atoms with van der Waals surface area (Å²) in [5, 5.41) is 3.03. The smallest absolute Gasteiger partial charge is 0.279 e. The fourth-order valence-electron chi connectivity index (χ4n) is 2.79. The van der Waals surface area contributed by atoms with E-state index in [2.05, 4.69) is 63.5 Å². The highest BCUT2D eigenvalue weighted by atomic mass is 16.2. The van der Waals surface area contributed by atoms with Crippen molar-refractivity contribution in [2.75, 3.05) is 18.9 Å². The lowest BCUT2D eigenvalue weighted by atomic mass is 10.0. The van der Waals surface area contributed by atoms with Gasteiger partial charge in [0.25, 0.3) is 5.91 Å². The van der Waals surface area contributed by atoms with Crippen molar-refractivity contribution in [3.05, 3.63) is 64.7 Å². The van der Waals surface area contributed by atoms with E-state index < -0.39 is 0 Å². The number of amides is 1. The number of hydrogen-bond donors (Lipinski definition) is 2. The number of quaternary nitrogens is 1. The highest BCUT2D eigenvalue weighted by Crippen LogP contribution is 2.17. The van der Waals surface area contributed by atoms with Gasteiger partial charge in [-0.3, -0.25) is 4.79 Å². The molecule has 24 heavy (non-hydrogen) atoms. The number of likely N-dealkylation sites (N-methyl/N-ethyl adjacent to an activating group) is 1. The third-order valence-electron chi connectivity index (χ3n) is 4.49. The second-order valence-corrected chi connectivity index (χ2v) is 7.00. The molecule has 2 aromatic carbocycles. The maximum absolute atomic E-state index is 12.3. The zero-order valence-corrected chi connectivity index (χ0v) is 15.4. The predicted molar refractivity (Wildman–Crippen MR) is 101 cm³/mol. The van der Waals surface area contributed by atoms with E-state index in [4.69, 9.17) is 0 Å². The average Bonchev–Trinajstić information content (AvgIpc) is 2.52. The molecular weight excluding hydrogens is 296 g/mol. The zero-order chi connectivity index (χ0) is 17.7. The van der Waals surface area contributed by atoms with Crippen LogP contribution in [-0.4, -0.2) is 19.5 Å². The van der Waals surface area contributed by atoms with Crippen LogP contribution >= 0.6 is 0 Å². The molecule has 0 bridgehead atoms. The van der Waals surface area contributed by atoms with E-state index in [-0.39, 0.29) is 5.91 Å². The third-order valence-corrected chi connectivity index (χ3v) is 4.49. The van der Waals surface area contributed by atoms with Gasteiger partial charge in [-0.1, -0.05) is 50.2 Å². The predicted octanol–water partition coefficient (Wildman–Crippen LogP) is 3.08. The molecule has 2 N–H and O–H groups in total. The van der Waals surface area contributed by atoms with Crippen LogP contribution in [0.2, 0.25) is 0 Å². The molecule has 0 heterocycles. The molecule has 1 amide bonds. The Labute approximate surface area is 145 Å². The van der Waals surface area contributed by atoms with Gasteiger partial charge in [-0.2, -0.15) is 0 Å². The van der Waals surface area contributed by atoms with Crippen LogP contribution in [-0.2, 0) is 11.3 Å². The van der Waals surface area contributed by atoms with Gasteiger partial charge in [0.2, 0.25) is 0 Å². The number of rotatable bonds is 6. The zero-order valence-electron chi connectivity index (χ0n) is 15.4. The normalized spacial score (nSPS) is 12.2. The van der Waals surface area contributed by atoms with Crippen molar-refractivity contribution in [2.24, 2.45) is 0 Å². The summed E-state index contributed by atoms with van der Waals surface area (Å²) in [4.78, 5) is 13.5. The van der Waals surface area contributed by atoms with Crippen molar-refractivity contribution >= 4 is 11.6 Å². The van der Waals surface area contributed by atoms with Crippen molar-refractivity contribution in [3.63, 3.8) is 0 Å². The van der Waals surface area contributed by atoms with E-state index in [0.717, 1.165) is 17.8 Å². The molecule has 0 aliphatic heterocycles. The van der Waals surface area contributed by atoms with E-state index >= 15 is 0 Å². The van der Waals surface area contributed by atoms with Gasteiger partial charge in [0, 0.05) is 11.3 Å². The minimum absolute atomic E-state index is 0.0556. The van der Waals surface area contributed by atoms with Crippen molar-refractivity contribution in [2.45, 2.75) is 40.2 Å². The van der Waals surface area contributed by atoms with E-state index in [0.29, 0.717) is 12.5 Å². The molecule has 0 saturated carbocycles. The Balaban J connectivity index is 1.90. The van der Waals surface area contributed by atoms with Gasteiger partial charge in [0.1, 0.15) is 6.54 Å². The summed E-state index contributed by atoms with van der Waals surface area (Å²) in [6.45, 7) is 9.80. The Morgan fingerprint density at radius 1 is 1.08 bits per heavy atom. The molecule has 0 aromatic heterocycles. The maximum Gasteiger partial charge on any atom is 0.279 e. The van der Waals surface area contributed by atoms with Crippen LogP contribution in [0.4, 0.5) is 5.69 Å². The highest BCUT2D eigenvalue weighted by molar-refractivity contribution is 5.92. The van der Waals surface area contributed by atoms with Crippen LogP contribution in [0.15, 0.2) is 42.5 Å². The summed E-state index contributed by atoms with van der Waals surface area (Å²) in [5.74, 6) is 0.604. The first-order chi connectivity index (χ1) is 11.4. The lowest BCUT2D eigenvalue weighted by molar-refractivity contribution is -0.885. The number of aryl methyl sites for hydroxylation is 1. The number of anilines is 1. The minimum Gasteiger partial charge on any atom is -0.326 e. The van der Waals surface area contributed by atoms with Crippen LogP contribution in [0.1, 0.15) is 42.0 Å². The SMILES string of the molecule is Cc1cccc(NC(=O)C[NH+](C)Cc2ccc(C(C)C)cc2)c1C. The summed E-state index contributed by atoms with van der Waals surface area (Å²) in [7, 11) is 2.05. The second kappa shape index (κ2) is 8.11. The van der Waals surface area contributed by atoms with Crippen LogP contribution in [0.5, 0.6) is 0 Å². The molecule has 0 fully saturated rings. The van der Waals surface area contributed by atoms with E-state index in [1.165, 1.54) is 21.6 Å². The quantitative estimate of drug-likeness (QED) is 0.841. The van der Waals surface area contributed by atoms with E-state index in [9.17, 15) is 4.79 Å². The molecule has 1 atom stereocenters. The molecule has 0 aliphatic rings. The summed E-state index contributed by atoms with van der Waals surface area (Å²) in [6, 6.07) is 14.7. The van der Waals surface area contributed by atoms with Crippen LogP contribution in [0.25, 0.3) is 0 Å². The Kier molecular flexibility index (Phi) is 6.16. The Morgan fingerprint density at radius 2 is 1.75 bits per heavy atom. The third kappa shape index (κ3) is 4.93. The fraction of sp³-hybridized carbons (Fsp3) is 0.381. The van der Waals surface area contributed by atoms with Gasteiger partial charge in [-0.05, 0) is 42.5 Å². The average molecular weight is 325 g/mol. The second-order valence-electron chi connectivity index (χ2n) is 7.00. The Morgan fingerprint density at radius 3 is 2.38 bits per heavy atom. The molecule has 2 aromatic rings. The first kappa shape index (κ1) is 18.2. The fourth-order valence-corrected chi connectivity index (χ4v) is 2.79. The number of carbonyl (C=O) groups is 1. The lowest BCUT2D eigenvalue weighted by Gasteiger charge is -2.16. The Bertz CT molecular complexity index is 689. The lowest BCUT2D eigenvalue weighted by Crippen LogP contribution is -3.08. The van der Waals surface area contributed by atoms with Crippen molar-refractivity contribution in [3.8, 4) is 0 Å².